The van der Waals surface area contributed by atoms with E-state index in [0.29, 0.717) is 6.54 Å². The van der Waals surface area contributed by atoms with E-state index < -0.39 is 0 Å². The van der Waals surface area contributed by atoms with Gasteiger partial charge in [0.2, 0.25) is 0 Å². The van der Waals surface area contributed by atoms with Crippen molar-refractivity contribution in [2.75, 3.05) is 6.54 Å². The minimum atomic E-state index is -0.378. The van der Waals surface area contributed by atoms with E-state index in [4.69, 9.17) is 0 Å². The first kappa shape index (κ1) is 12.4. The lowest BCUT2D eigenvalue weighted by Crippen LogP contribution is -2.14. The lowest BCUT2D eigenvalue weighted by Gasteiger charge is -2.04. The number of hydrogen-bond acceptors (Lipinski definition) is 3. The molecule has 4 heteroatoms. The molecular weight excluding hydrogens is 204 g/mol. The number of nitro groups is 1. The monoisotopic (exact) mass is 220 g/mol. The molecule has 0 aromatic heterocycles. The van der Waals surface area contributed by atoms with Crippen LogP contribution in [0.2, 0.25) is 0 Å². The summed E-state index contributed by atoms with van der Waals surface area (Å²) in [6, 6.07) is 6.67. The molecule has 0 spiro atoms. The third kappa shape index (κ3) is 4.23. The van der Waals surface area contributed by atoms with Gasteiger partial charge in [-0.05, 0) is 25.5 Å². The van der Waals surface area contributed by atoms with Crippen LogP contribution in [0.3, 0.4) is 0 Å². The van der Waals surface area contributed by atoms with Gasteiger partial charge in [0.05, 0.1) is 4.92 Å². The van der Waals surface area contributed by atoms with Gasteiger partial charge in [-0.25, -0.2) is 0 Å². The van der Waals surface area contributed by atoms with Crippen LogP contribution in [0, 0.1) is 10.1 Å². The first-order valence-corrected chi connectivity index (χ1v) is 5.18. The molecule has 0 aliphatic carbocycles. The highest BCUT2D eigenvalue weighted by Gasteiger charge is 2.04. The summed E-state index contributed by atoms with van der Waals surface area (Å²) in [5.41, 5.74) is 2.20. The Kier molecular flexibility index (Phi) is 4.66. The summed E-state index contributed by atoms with van der Waals surface area (Å²) in [6.45, 7) is 7.28. The van der Waals surface area contributed by atoms with Crippen LogP contribution in [0.25, 0.3) is 0 Å². The highest BCUT2D eigenvalue weighted by atomic mass is 16.6. The first-order chi connectivity index (χ1) is 7.59. The van der Waals surface area contributed by atoms with Crippen LogP contribution in [0.5, 0.6) is 0 Å². The van der Waals surface area contributed by atoms with Crippen molar-refractivity contribution in [3.8, 4) is 0 Å². The number of rotatable bonds is 6. The molecule has 0 saturated heterocycles. The maximum atomic E-state index is 10.5. The topological polar surface area (TPSA) is 55.2 Å². The van der Waals surface area contributed by atoms with Crippen molar-refractivity contribution in [1.29, 1.82) is 0 Å². The molecule has 0 bridgehead atoms. The lowest BCUT2D eigenvalue weighted by atomic mass is 10.2. The number of nitrogens with zero attached hydrogens (tertiary/aromatic N) is 1. The van der Waals surface area contributed by atoms with Crippen LogP contribution in [-0.2, 0) is 6.54 Å². The van der Waals surface area contributed by atoms with E-state index in [1.165, 1.54) is 6.07 Å². The molecule has 0 aliphatic rings. The SMILES string of the molecule is C=C(C)CCNCc1cccc([N+](=O)[O-])c1. The summed E-state index contributed by atoms with van der Waals surface area (Å²) in [6.07, 6.45) is 0.926. The number of benzene rings is 1. The van der Waals surface area contributed by atoms with Gasteiger partial charge in [-0.15, -0.1) is 6.58 Å². The molecule has 0 heterocycles. The Morgan fingerprint density at radius 3 is 2.94 bits per heavy atom. The fourth-order valence-corrected chi connectivity index (χ4v) is 1.31. The second-order valence-corrected chi connectivity index (χ2v) is 3.81. The normalized spacial score (nSPS) is 10.1. The van der Waals surface area contributed by atoms with E-state index >= 15 is 0 Å². The van der Waals surface area contributed by atoms with Gasteiger partial charge in [-0.1, -0.05) is 17.7 Å². The van der Waals surface area contributed by atoms with Crippen LogP contribution >= 0.6 is 0 Å². The van der Waals surface area contributed by atoms with Gasteiger partial charge in [0.1, 0.15) is 0 Å². The van der Waals surface area contributed by atoms with E-state index in [9.17, 15) is 10.1 Å². The van der Waals surface area contributed by atoms with Gasteiger partial charge in [0, 0.05) is 18.7 Å². The molecule has 86 valence electrons. The van der Waals surface area contributed by atoms with Crippen molar-refractivity contribution in [2.45, 2.75) is 19.9 Å². The minimum Gasteiger partial charge on any atom is -0.312 e. The third-order valence-electron chi connectivity index (χ3n) is 2.18. The summed E-state index contributed by atoms with van der Waals surface area (Å²) >= 11 is 0. The van der Waals surface area contributed by atoms with Crippen molar-refractivity contribution < 1.29 is 4.92 Å². The van der Waals surface area contributed by atoms with Gasteiger partial charge in [0.25, 0.3) is 5.69 Å². The first-order valence-electron chi connectivity index (χ1n) is 5.18. The van der Waals surface area contributed by atoms with Crippen molar-refractivity contribution in [3.63, 3.8) is 0 Å². The fourth-order valence-electron chi connectivity index (χ4n) is 1.31. The molecule has 0 saturated carbocycles. The Hall–Kier alpha value is -1.68. The van der Waals surface area contributed by atoms with Crippen molar-refractivity contribution in [1.82, 2.24) is 5.32 Å². The van der Waals surface area contributed by atoms with E-state index in [-0.39, 0.29) is 10.6 Å². The third-order valence-corrected chi connectivity index (χ3v) is 2.18. The molecule has 0 fully saturated rings. The average Bonchev–Trinajstić information content (AvgIpc) is 2.24. The van der Waals surface area contributed by atoms with Crippen molar-refractivity contribution >= 4 is 5.69 Å². The Balaban J connectivity index is 2.45. The quantitative estimate of drug-likeness (QED) is 0.347. The highest BCUT2D eigenvalue weighted by molar-refractivity contribution is 5.34. The average molecular weight is 220 g/mol. The zero-order chi connectivity index (χ0) is 12.0. The number of non-ortho nitro benzene ring substituents is 1. The van der Waals surface area contributed by atoms with Crippen LogP contribution in [-0.4, -0.2) is 11.5 Å². The lowest BCUT2D eigenvalue weighted by molar-refractivity contribution is -0.384. The number of hydrogen-bond donors (Lipinski definition) is 1. The van der Waals surface area contributed by atoms with Gasteiger partial charge >= 0.3 is 0 Å². The molecule has 0 aliphatic heterocycles. The van der Waals surface area contributed by atoms with Crippen LogP contribution in [0.4, 0.5) is 5.69 Å². The Labute approximate surface area is 95.1 Å². The van der Waals surface area contributed by atoms with Crippen LogP contribution < -0.4 is 5.32 Å². The molecule has 1 aromatic rings. The molecule has 1 rings (SSSR count). The Bertz CT molecular complexity index is 388. The Morgan fingerprint density at radius 1 is 1.56 bits per heavy atom. The zero-order valence-corrected chi connectivity index (χ0v) is 9.40. The van der Waals surface area contributed by atoms with Gasteiger partial charge in [-0.3, -0.25) is 10.1 Å². The second kappa shape index (κ2) is 6.02. The predicted molar refractivity (Wildman–Crippen MR) is 64.2 cm³/mol. The van der Waals surface area contributed by atoms with Crippen molar-refractivity contribution in [3.05, 3.63) is 52.1 Å². The molecule has 4 nitrogen and oxygen atoms in total. The van der Waals surface area contributed by atoms with E-state index in [1.54, 1.807) is 12.1 Å². The highest BCUT2D eigenvalue weighted by Crippen LogP contribution is 2.12. The smallest absolute Gasteiger partial charge is 0.269 e. The maximum absolute atomic E-state index is 10.5. The summed E-state index contributed by atoms with van der Waals surface area (Å²) in [4.78, 5) is 10.2. The summed E-state index contributed by atoms with van der Waals surface area (Å²) in [5, 5.41) is 13.8. The molecule has 0 unspecified atom stereocenters. The molecule has 0 amide bonds. The second-order valence-electron chi connectivity index (χ2n) is 3.81. The van der Waals surface area contributed by atoms with Gasteiger partial charge in [-0.2, -0.15) is 0 Å². The minimum absolute atomic E-state index is 0.138. The molecular formula is C12H16N2O2. The van der Waals surface area contributed by atoms with Gasteiger partial charge < -0.3 is 5.32 Å². The molecule has 1 N–H and O–H groups in total. The molecule has 16 heavy (non-hydrogen) atoms. The van der Waals surface area contributed by atoms with Gasteiger partial charge in [0.15, 0.2) is 0 Å². The van der Waals surface area contributed by atoms with Crippen LogP contribution in [0.1, 0.15) is 18.9 Å². The molecule has 0 radical (unpaired) electrons. The maximum Gasteiger partial charge on any atom is 0.269 e. The zero-order valence-electron chi connectivity index (χ0n) is 9.40. The predicted octanol–water partition coefficient (Wildman–Crippen LogP) is 2.65. The van der Waals surface area contributed by atoms with Crippen molar-refractivity contribution in [2.24, 2.45) is 0 Å². The van der Waals surface area contributed by atoms with E-state index in [1.807, 2.05) is 13.0 Å². The molecule has 1 aromatic carbocycles. The molecule has 0 atom stereocenters. The fraction of sp³-hybridized carbons (Fsp3) is 0.333. The summed E-state index contributed by atoms with van der Waals surface area (Å²) < 4.78 is 0. The van der Waals surface area contributed by atoms with Crippen LogP contribution in [0.15, 0.2) is 36.4 Å². The largest absolute Gasteiger partial charge is 0.312 e. The number of nitrogens with one attached hydrogen (secondary N) is 1. The standard InChI is InChI=1S/C12H16N2O2/c1-10(2)6-7-13-9-11-4-3-5-12(8-11)14(15)16/h3-5,8,13H,1,6-7,9H2,2H3. The van der Waals surface area contributed by atoms with E-state index in [0.717, 1.165) is 24.1 Å². The number of nitro benzene ring substituents is 1. The van der Waals surface area contributed by atoms with E-state index in [2.05, 4.69) is 11.9 Å². The summed E-state index contributed by atoms with van der Waals surface area (Å²) in [5.74, 6) is 0. The summed E-state index contributed by atoms with van der Waals surface area (Å²) in [7, 11) is 0. The Morgan fingerprint density at radius 2 is 2.31 bits per heavy atom.